The van der Waals surface area contributed by atoms with Crippen molar-refractivity contribution in [2.45, 2.75) is 25.6 Å². The summed E-state index contributed by atoms with van der Waals surface area (Å²) in [6.07, 6.45) is -2.05. The Morgan fingerprint density at radius 2 is 1.85 bits per heavy atom. The zero-order valence-corrected chi connectivity index (χ0v) is 11.3. The van der Waals surface area contributed by atoms with Crippen LogP contribution in [0.25, 0.3) is 11.1 Å². The maximum atomic E-state index is 12.5. The number of rotatable bonds is 3. The molecule has 3 nitrogen and oxygen atoms in total. The van der Waals surface area contributed by atoms with E-state index in [1.807, 2.05) is 6.92 Å². The second-order valence-electron chi connectivity index (χ2n) is 4.89. The summed E-state index contributed by atoms with van der Waals surface area (Å²) >= 11 is 0. The molecule has 0 aliphatic carbocycles. The Morgan fingerprint density at radius 3 is 2.35 bits per heavy atom. The van der Waals surface area contributed by atoms with Crippen LogP contribution in [0.5, 0.6) is 0 Å². The van der Waals surface area contributed by atoms with Gasteiger partial charge in [-0.1, -0.05) is 12.1 Å². The Labute approximate surface area is 115 Å². The minimum Gasteiger partial charge on any atom is -0.328 e. The maximum Gasteiger partial charge on any atom is 0.416 e. The van der Waals surface area contributed by atoms with Crippen LogP contribution >= 0.6 is 0 Å². The van der Waals surface area contributed by atoms with Gasteiger partial charge in [0.2, 0.25) is 0 Å². The summed E-state index contributed by atoms with van der Waals surface area (Å²) in [6, 6.07) is 5.05. The quantitative estimate of drug-likeness (QED) is 0.941. The summed E-state index contributed by atoms with van der Waals surface area (Å²) in [5.41, 5.74) is 7.58. The molecule has 6 heteroatoms. The van der Waals surface area contributed by atoms with Crippen molar-refractivity contribution in [2.24, 2.45) is 12.8 Å². The Balaban J connectivity index is 2.37. The third kappa shape index (κ3) is 3.01. The first kappa shape index (κ1) is 14.6. The molecule has 1 unspecified atom stereocenters. The third-order valence-corrected chi connectivity index (χ3v) is 3.10. The predicted molar refractivity (Wildman–Crippen MR) is 71.0 cm³/mol. The molecule has 0 fully saturated rings. The van der Waals surface area contributed by atoms with Crippen LogP contribution in [0.3, 0.4) is 0 Å². The Kier molecular flexibility index (Phi) is 3.85. The number of aryl methyl sites for hydroxylation is 1. The molecule has 1 atom stereocenters. The van der Waals surface area contributed by atoms with Crippen molar-refractivity contribution in [3.63, 3.8) is 0 Å². The molecular formula is C14H16F3N3. The predicted octanol–water partition coefficient (Wildman–Crippen LogP) is 3.00. The molecule has 2 N–H and O–H groups in total. The highest BCUT2D eigenvalue weighted by Gasteiger charge is 2.30. The van der Waals surface area contributed by atoms with Gasteiger partial charge < -0.3 is 5.73 Å². The lowest BCUT2D eigenvalue weighted by atomic mass is 10.0. The minimum atomic E-state index is -4.32. The van der Waals surface area contributed by atoms with E-state index in [2.05, 4.69) is 5.10 Å². The highest BCUT2D eigenvalue weighted by atomic mass is 19.4. The van der Waals surface area contributed by atoms with Crippen LogP contribution in [-0.2, 0) is 19.6 Å². The highest BCUT2D eigenvalue weighted by Crippen LogP contribution is 2.31. The van der Waals surface area contributed by atoms with Crippen molar-refractivity contribution in [1.82, 2.24) is 9.78 Å². The molecular weight excluding hydrogens is 267 g/mol. The fraction of sp³-hybridized carbons (Fsp3) is 0.357. The van der Waals surface area contributed by atoms with Gasteiger partial charge in [0.15, 0.2) is 0 Å². The number of benzene rings is 1. The van der Waals surface area contributed by atoms with Crippen LogP contribution in [0.15, 0.2) is 30.5 Å². The van der Waals surface area contributed by atoms with Crippen molar-refractivity contribution in [2.75, 3.05) is 0 Å². The van der Waals surface area contributed by atoms with Crippen LogP contribution < -0.4 is 5.73 Å². The highest BCUT2D eigenvalue weighted by molar-refractivity contribution is 5.65. The summed E-state index contributed by atoms with van der Waals surface area (Å²) < 4.78 is 39.3. The summed E-state index contributed by atoms with van der Waals surface area (Å²) in [4.78, 5) is 0. The molecule has 0 aliphatic heterocycles. The van der Waals surface area contributed by atoms with Crippen molar-refractivity contribution in [3.05, 3.63) is 41.7 Å². The van der Waals surface area contributed by atoms with Gasteiger partial charge >= 0.3 is 6.18 Å². The fourth-order valence-corrected chi connectivity index (χ4v) is 2.09. The third-order valence-electron chi connectivity index (χ3n) is 3.10. The van der Waals surface area contributed by atoms with E-state index in [-0.39, 0.29) is 6.04 Å². The van der Waals surface area contributed by atoms with Crippen molar-refractivity contribution in [3.8, 4) is 11.1 Å². The molecule has 1 aromatic carbocycles. The topological polar surface area (TPSA) is 43.8 Å². The van der Waals surface area contributed by atoms with Crippen LogP contribution in [0, 0.1) is 0 Å². The molecule has 1 aromatic heterocycles. The van der Waals surface area contributed by atoms with Gasteiger partial charge in [0.25, 0.3) is 0 Å². The van der Waals surface area contributed by atoms with Gasteiger partial charge in [0, 0.05) is 30.8 Å². The van der Waals surface area contributed by atoms with Crippen molar-refractivity contribution < 1.29 is 13.2 Å². The fourth-order valence-electron chi connectivity index (χ4n) is 2.09. The van der Waals surface area contributed by atoms with Crippen LogP contribution in [0.2, 0.25) is 0 Å². The number of hydrogen-bond acceptors (Lipinski definition) is 2. The standard InChI is InChI=1S/C14H16F3N3/c1-9(18)7-13-12(8-19-20(13)2)10-3-5-11(6-4-10)14(15,16)17/h3-6,8-9H,7,18H2,1-2H3. The number of alkyl halides is 3. The second-order valence-corrected chi connectivity index (χ2v) is 4.89. The first-order valence-corrected chi connectivity index (χ1v) is 6.23. The van der Waals surface area contributed by atoms with Gasteiger partial charge in [-0.2, -0.15) is 18.3 Å². The molecule has 0 spiro atoms. The lowest BCUT2D eigenvalue weighted by Crippen LogP contribution is -2.20. The number of nitrogens with zero attached hydrogens (tertiary/aromatic N) is 2. The van der Waals surface area contributed by atoms with Crippen molar-refractivity contribution >= 4 is 0 Å². The SMILES string of the molecule is CC(N)Cc1c(-c2ccc(C(F)(F)F)cc2)cnn1C. The van der Waals surface area contributed by atoms with Gasteiger partial charge in [-0.15, -0.1) is 0 Å². The molecule has 0 amide bonds. The smallest absolute Gasteiger partial charge is 0.328 e. The lowest BCUT2D eigenvalue weighted by molar-refractivity contribution is -0.137. The van der Waals surface area contributed by atoms with E-state index in [1.54, 1.807) is 17.9 Å². The van der Waals surface area contributed by atoms with E-state index >= 15 is 0 Å². The van der Waals surface area contributed by atoms with Crippen LogP contribution in [0.4, 0.5) is 13.2 Å². The second kappa shape index (κ2) is 5.28. The number of nitrogens with two attached hydrogens (primary N) is 1. The first-order chi connectivity index (χ1) is 9.29. The Bertz CT molecular complexity index is 583. The summed E-state index contributed by atoms with van der Waals surface area (Å²) in [5.74, 6) is 0. The summed E-state index contributed by atoms with van der Waals surface area (Å²) in [5, 5.41) is 4.16. The van der Waals surface area contributed by atoms with E-state index in [1.165, 1.54) is 12.1 Å². The molecule has 2 rings (SSSR count). The summed E-state index contributed by atoms with van der Waals surface area (Å²) in [6.45, 7) is 1.88. The minimum absolute atomic E-state index is 0.0430. The van der Waals surface area contributed by atoms with Crippen LogP contribution in [-0.4, -0.2) is 15.8 Å². The molecule has 108 valence electrons. The average molecular weight is 283 g/mol. The molecule has 20 heavy (non-hydrogen) atoms. The average Bonchev–Trinajstić information content (AvgIpc) is 2.70. The molecule has 1 heterocycles. The van der Waals surface area contributed by atoms with E-state index in [0.717, 1.165) is 23.4 Å². The Morgan fingerprint density at radius 1 is 1.25 bits per heavy atom. The van der Waals surface area contributed by atoms with E-state index < -0.39 is 11.7 Å². The van der Waals surface area contributed by atoms with Gasteiger partial charge in [0.1, 0.15) is 0 Å². The van der Waals surface area contributed by atoms with Gasteiger partial charge in [0.05, 0.1) is 11.8 Å². The zero-order valence-electron chi connectivity index (χ0n) is 11.3. The molecule has 0 bridgehead atoms. The van der Waals surface area contributed by atoms with Gasteiger partial charge in [-0.3, -0.25) is 4.68 Å². The number of halogens is 3. The molecule has 0 saturated carbocycles. The molecule has 2 aromatic rings. The summed E-state index contributed by atoms with van der Waals surface area (Å²) in [7, 11) is 1.80. The first-order valence-electron chi connectivity index (χ1n) is 6.23. The molecule has 0 radical (unpaired) electrons. The zero-order chi connectivity index (χ0) is 14.9. The van der Waals surface area contributed by atoms with E-state index in [0.29, 0.717) is 12.0 Å². The molecule has 0 saturated heterocycles. The van der Waals surface area contributed by atoms with E-state index in [4.69, 9.17) is 5.73 Å². The Hall–Kier alpha value is -1.82. The largest absolute Gasteiger partial charge is 0.416 e. The van der Waals surface area contributed by atoms with Crippen molar-refractivity contribution in [1.29, 1.82) is 0 Å². The van der Waals surface area contributed by atoms with Gasteiger partial charge in [-0.25, -0.2) is 0 Å². The van der Waals surface area contributed by atoms with Gasteiger partial charge in [-0.05, 0) is 24.6 Å². The monoisotopic (exact) mass is 283 g/mol. The van der Waals surface area contributed by atoms with Crippen LogP contribution in [0.1, 0.15) is 18.2 Å². The molecule has 0 aliphatic rings. The number of hydrogen-bond donors (Lipinski definition) is 1. The normalized spacial score (nSPS) is 13.5. The maximum absolute atomic E-state index is 12.5. The van der Waals surface area contributed by atoms with E-state index in [9.17, 15) is 13.2 Å². The number of aromatic nitrogens is 2. The lowest BCUT2D eigenvalue weighted by Gasteiger charge is -2.10.